The fourth-order valence-corrected chi connectivity index (χ4v) is 4.31. The highest BCUT2D eigenvalue weighted by Gasteiger charge is 2.20. The molecule has 5 nitrogen and oxygen atoms in total. The van der Waals surface area contributed by atoms with Crippen molar-refractivity contribution in [3.63, 3.8) is 0 Å². The maximum atomic E-state index is 12.8. The minimum Gasteiger partial charge on any atom is -0.337 e. The highest BCUT2D eigenvalue weighted by molar-refractivity contribution is 7.89. The smallest absolute Gasteiger partial charge is 0.253 e. The van der Waals surface area contributed by atoms with Crippen LogP contribution in [0.1, 0.15) is 27.0 Å². The highest BCUT2D eigenvalue weighted by atomic mass is 32.2. The maximum Gasteiger partial charge on any atom is 0.253 e. The minimum atomic E-state index is -3.75. The van der Waals surface area contributed by atoms with E-state index in [9.17, 15) is 13.2 Å². The van der Waals surface area contributed by atoms with Crippen molar-refractivity contribution in [3.05, 3.63) is 101 Å². The van der Waals surface area contributed by atoms with Crippen molar-refractivity contribution in [2.75, 3.05) is 7.05 Å². The average molecular weight is 409 g/mol. The van der Waals surface area contributed by atoms with Gasteiger partial charge in [-0.2, -0.15) is 0 Å². The van der Waals surface area contributed by atoms with Crippen LogP contribution in [0.3, 0.4) is 0 Å². The molecule has 0 bridgehead atoms. The molecular formula is C23H24N2O3S. The molecule has 1 N–H and O–H groups in total. The molecule has 6 heteroatoms. The van der Waals surface area contributed by atoms with Crippen molar-refractivity contribution in [2.24, 2.45) is 0 Å². The fraction of sp³-hybridized carbons (Fsp3) is 0.174. The summed E-state index contributed by atoms with van der Waals surface area (Å²) in [5, 5.41) is 0. The zero-order valence-corrected chi connectivity index (χ0v) is 17.3. The molecular weight excluding hydrogens is 384 g/mol. The highest BCUT2D eigenvalue weighted by Crippen LogP contribution is 2.19. The van der Waals surface area contributed by atoms with Crippen LogP contribution in [0.4, 0.5) is 0 Å². The van der Waals surface area contributed by atoms with Gasteiger partial charge in [0.05, 0.1) is 4.90 Å². The molecule has 0 heterocycles. The molecule has 0 unspecified atom stereocenters. The first-order valence-corrected chi connectivity index (χ1v) is 10.8. The van der Waals surface area contributed by atoms with Crippen molar-refractivity contribution >= 4 is 15.9 Å². The number of hydrogen-bond acceptors (Lipinski definition) is 3. The quantitative estimate of drug-likeness (QED) is 0.648. The first kappa shape index (κ1) is 20.8. The number of nitrogens with zero attached hydrogens (tertiary/aromatic N) is 1. The van der Waals surface area contributed by atoms with E-state index in [0.29, 0.717) is 17.7 Å². The number of rotatable bonds is 7. The van der Waals surface area contributed by atoms with E-state index in [-0.39, 0.29) is 17.3 Å². The second-order valence-electron chi connectivity index (χ2n) is 6.94. The van der Waals surface area contributed by atoms with Crippen LogP contribution in [-0.2, 0) is 23.1 Å². The van der Waals surface area contributed by atoms with Gasteiger partial charge in [-0.1, -0.05) is 66.7 Å². The second kappa shape index (κ2) is 9.03. The zero-order chi connectivity index (χ0) is 20.9. The van der Waals surface area contributed by atoms with Crippen LogP contribution < -0.4 is 4.72 Å². The van der Waals surface area contributed by atoms with Crippen LogP contribution in [0.2, 0.25) is 0 Å². The summed E-state index contributed by atoms with van der Waals surface area (Å²) in [5.41, 5.74) is 2.80. The summed E-state index contributed by atoms with van der Waals surface area (Å²) in [6, 6.07) is 23.7. The Morgan fingerprint density at radius 2 is 1.48 bits per heavy atom. The predicted octanol–water partition coefficient (Wildman–Crippen LogP) is 3.75. The van der Waals surface area contributed by atoms with Crippen LogP contribution in [-0.4, -0.2) is 26.3 Å². The third-order valence-electron chi connectivity index (χ3n) is 4.64. The molecule has 0 aromatic heterocycles. The van der Waals surface area contributed by atoms with Crippen molar-refractivity contribution in [1.29, 1.82) is 0 Å². The summed E-state index contributed by atoms with van der Waals surface area (Å²) in [5.74, 6) is -0.228. The monoisotopic (exact) mass is 408 g/mol. The number of carbonyl (C=O) groups is 1. The maximum absolute atomic E-state index is 12.8. The van der Waals surface area contributed by atoms with Crippen LogP contribution in [0.15, 0.2) is 83.8 Å². The number of nitrogens with one attached hydrogen (secondary N) is 1. The van der Waals surface area contributed by atoms with Gasteiger partial charge in [0.15, 0.2) is 0 Å². The lowest BCUT2D eigenvalue weighted by atomic mass is 10.1. The Balaban J connectivity index is 1.78. The van der Waals surface area contributed by atoms with Crippen molar-refractivity contribution in [3.8, 4) is 0 Å². The van der Waals surface area contributed by atoms with E-state index in [1.165, 1.54) is 6.07 Å². The van der Waals surface area contributed by atoms with Gasteiger partial charge in [-0.05, 0) is 35.7 Å². The van der Waals surface area contributed by atoms with E-state index in [1.54, 1.807) is 31.0 Å². The summed E-state index contributed by atoms with van der Waals surface area (Å²) in [6.07, 6.45) is 0. The van der Waals surface area contributed by atoms with Gasteiger partial charge in [-0.3, -0.25) is 4.79 Å². The van der Waals surface area contributed by atoms with E-state index < -0.39 is 10.0 Å². The number of amides is 1. The minimum absolute atomic E-state index is 0.118. The molecule has 150 valence electrons. The van der Waals surface area contributed by atoms with E-state index in [1.807, 2.05) is 60.7 Å². The molecule has 0 spiro atoms. The normalized spacial score (nSPS) is 11.2. The largest absolute Gasteiger partial charge is 0.337 e. The Morgan fingerprint density at radius 1 is 0.897 bits per heavy atom. The zero-order valence-electron chi connectivity index (χ0n) is 16.5. The second-order valence-corrected chi connectivity index (χ2v) is 8.67. The Morgan fingerprint density at radius 3 is 2.10 bits per heavy atom. The molecule has 0 radical (unpaired) electrons. The molecule has 0 aliphatic heterocycles. The topological polar surface area (TPSA) is 66.5 Å². The molecule has 3 rings (SSSR count). The average Bonchev–Trinajstić information content (AvgIpc) is 2.73. The van der Waals surface area contributed by atoms with Crippen molar-refractivity contribution < 1.29 is 13.2 Å². The van der Waals surface area contributed by atoms with E-state index >= 15 is 0 Å². The number of hydrogen-bond donors (Lipinski definition) is 1. The molecule has 3 aromatic rings. The predicted molar refractivity (Wildman–Crippen MR) is 114 cm³/mol. The van der Waals surface area contributed by atoms with Crippen molar-refractivity contribution in [2.45, 2.75) is 24.9 Å². The number of benzene rings is 3. The van der Waals surface area contributed by atoms with Gasteiger partial charge in [-0.15, -0.1) is 0 Å². The first-order valence-electron chi connectivity index (χ1n) is 9.30. The number of carbonyl (C=O) groups excluding carboxylic acids is 1. The molecule has 0 aliphatic carbocycles. The van der Waals surface area contributed by atoms with Gasteiger partial charge in [0.25, 0.3) is 5.91 Å². The van der Waals surface area contributed by atoms with Gasteiger partial charge in [-0.25, -0.2) is 13.1 Å². The molecule has 0 fully saturated rings. The molecule has 0 atom stereocenters. The molecule has 0 aliphatic rings. The van der Waals surface area contributed by atoms with Crippen molar-refractivity contribution in [1.82, 2.24) is 9.62 Å². The Hall–Kier alpha value is -2.96. The fourth-order valence-electron chi connectivity index (χ4n) is 3.02. The van der Waals surface area contributed by atoms with E-state index in [0.717, 1.165) is 11.1 Å². The first-order chi connectivity index (χ1) is 13.9. The Labute approximate surface area is 172 Å². The lowest BCUT2D eigenvalue weighted by Gasteiger charge is -2.18. The van der Waals surface area contributed by atoms with Gasteiger partial charge in [0.1, 0.15) is 0 Å². The lowest BCUT2D eigenvalue weighted by molar-refractivity contribution is 0.0785. The summed E-state index contributed by atoms with van der Waals surface area (Å²) in [7, 11) is -2.05. The molecule has 1 amide bonds. The summed E-state index contributed by atoms with van der Waals surface area (Å²) < 4.78 is 28.3. The van der Waals surface area contributed by atoms with Crippen LogP contribution in [0.25, 0.3) is 0 Å². The van der Waals surface area contributed by atoms with Gasteiger partial charge in [0, 0.05) is 25.7 Å². The Kier molecular flexibility index (Phi) is 6.46. The summed E-state index contributed by atoms with van der Waals surface area (Å²) in [4.78, 5) is 14.5. The third kappa shape index (κ3) is 5.31. The summed E-state index contributed by atoms with van der Waals surface area (Å²) >= 11 is 0. The molecule has 0 saturated heterocycles. The van der Waals surface area contributed by atoms with E-state index in [2.05, 4.69) is 4.72 Å². The number of sulfonamides is 1. The standard InChI is InChI=1S/C23H24N2O3S/c1-18-13-14-21(23(26)25(2)17-20-11-7-4-8-12-20)15-22(18)29(27,28)24-16-19-9-5-3-6-10-19/h3-15,24H,16-17H2,1-2H3. The number of aryl methyl sites for hydroxylation is 1. The third-order valence-corrected chi connectivity index (χ3v) is 6.19. The molecule has 29 heavy (non-hydrogen) atoms. The molecule has 0 saturated carbocycles. The Bertz CT molecular complexity index is 1080. The van der Waals surface area contributed by atoms with Gasteiger partial charge >= 0.3 is 0 Å². The van der Waals surface area contributed by atoms with Crippen LogP contribution in [0, 0.1) is 6.92 Å². The van der Waals surface area contributed by atoms with Gasteiger partial charge in [0.2, 0.25) is 10.0 Å². The summed E-state index contributed by atoms with van der Waals surface area (Å²) in [6.45, 7) is 2.36. The van der Waals surface area contributed by atoms with Gasteiger partial charge < -0.3 is 4.90 Å². The lowest BCUT2D eigenvalue weighted by Crippen LogP contribution is -2.27. The SMILES string of the molecule is Cc1ccc(C(=O)N(C)Cc2ccccc2)cc1S(=O)(=O)NCc1ccccc1. The van der Waals surface area contributed by atoms with E-state index in [4.69, 9.17) is 0 Å². The van der Waals surface area contributed by atoms with Crippen LogP contribution >= 0.6 is 0 Å². The molecule has 3 aromatic carbocycles. The van der Waals surface area contributed by atoms with Crippen LogP contribution in [0.5, 0.6) is 0 Å².